The van der Waals surface area contributed by atoms with Gasteiger partial charge in [-0.3, -0.25) is 9.59 Å². The third-order valence-electron chi connectivity index (χ3n) is 5.37. The van der Waals surface area contributed by atoms with Crippen LogP contribution < -0.4 is 10.1 Å². The quantitative estimate of drug-likeness (QED) is 0.599. The minimum Gasteiger partial charge on any atom is -0.497 e. The van der Waals surface area contributed by atoms with Gasteiger partial charge >= 0.3 is 0 Å². The van der Waals surface area contributed by atoms with E-state index in [2.05, 4.69) is 5.32 Å². The van der Waals surface area contributed by atoms with E-state index in [1.807, 2.05) is 75.4 Å². The molecule has 0 fully saturated rings. The van der Waals surface area contributed by atoms with Crippen LogP contribution in [0.15, 0.2) is 54.6 Å². The van der Waals surface area contributed by atoms with Crippen LogP contribution >= 0.6 is 0 Å². The Hall–Kier alpha value is -2.82. The number of benzene rings is 2. The Labute approximate surface area is 180 Å². The maximum Gasteiger partial charge on any atom is 0.243 e. The van der Waals surface area contributed by atoms with Gasteiger partial charge in [0.25, 0.3) is 0 Å². The molecule has 0 spiro atoms. The maximum absolute atomic E-state index is 13.2. The Morgan fingerprint density at radius 3 is 2.20 bits per heavy atom. The highest BCUT2D eigenvalue weighted by Crippen LogP contribution is 2.18. The summed E-state index contributed by atoms with van der Waals surface area (Å²) in [6.45, 7) is 6.36. The van der Waals surface area contributed by atoms with Crippen molar-refractivity contribution in [1.29, 1.82) is 0 Å². The normalized spacial score (nSPS) is 12.7. The van der Waals surface area contributed by atoms with Crippen molar-refractivity contribution in [2.45, 2.75) is 65.1 Å². The molecule has 30 heavy (non-hydrogen) atoms. The first-order chi connectivity index (χ1) is 14.5. The fourth-order valence-corrected chi connectivity index (χ4v) is 3.33. The first-order valence-electron chi connectivity index (χ1n) is 10.7. The van der Waals surface area contributed by atoms with Crippen molar-refractivity contribution in [2.75, 3.05) is 7.11 Å². The van der Waals surface area contributed by atoms with E-state index >= 15 is 0 Å². The molecule has 2 aromatic carbocycles. The van der Waals surface area contributed by atoms with Gasteiger partial charge in [-0.2, -0.15) is 0 Å². The third-order valence-corrected chi connectivity index (χ3v) is 5.37. The number of carbonyl (C=O) groups excluding carboxylic acids is 2. The monoisotopic (exact) mass is 410 g/mol. The minimum atomic E-state index is -0.496. The molecule has 2 atom stereocenters. The molecule has 1 N–H and O–H groups in total. The second-order valence-electron chi connectivity index (χ2n) is 7.60. The summed E-state index contributed by atoms with van der Waals surface area (Å²) in [7, 11) is 1.63. The van der Waals surface area contributed by atoms with Crippen molar-refractivity contribution in [3.63, 3.8) is 0 Å². The number of amides is 2. The van der Waals surface area contributed by atoms with E-state index in [9.17, 15) is 9.59 Å². The molecule has 0 saturated carbocycles. The van der Waals surface area contributed by atoms with E-state index in [0.29, 0.717) is 25.8 Å². The number of hydrogen-bond acceptors (Lipinski definition) is 3. The molecule has 0 bridgehead atoms. The molecule has 0 radical (unpaired) electrons. The summed E-state index contributed by atoms with van der Waals surface area (Å²) >= 11 is 0. The predicted molar refractivity (Wildman–Crippen MR) is 120 cm³/mol. The number of nitrogens with one attached hydrogen (secondary N) is 1. The van der Waals surface area contributed by atoms with Crippen LogP contribution in [0.5, 0.6) is 5.75 Å². The maximum atomic E-state index is 13.2. The molecule has 5 heteroatoms. The largest absolute Gasteiger partial charge is 0.497 e. The number of aryl methyl sites for hydroxylation is 1. The number of nitrogens with zero attached hydrogens (tertiary/aromatic N) is 1. The van der Waals surface area contributed by atoms with Crippen molar-refractivity contribution >= 4 is 11.8 Å². The van der Waals surface area contributed by atoms with Gasteiger partial charge in [0.15, 0.2) is 0 Å². The first kappa shape index (κ1) is 23.5. The molecule has 2 amide bonds. The highest BCUT2D eigenvalue weighted by atomic mass is 16.5. The Balaban J connectivity index is 2.19. The van der Waals surface area contributed by atoms with Gasteiger partial charge in [-0.1, -0.05) is 56.3 Å². The number of rotatable bonds is 11. The van der Waals surface area contributed by atoms with Crippen LogP contribution in [0.25, 0.3) is 0 Å². The lowest BCUT2D eigenvalue weighted by Crippen LogP contribution is -2.50. The highest BCUT2D eigenvalue weighted by Gasteiger charge is 2.29. The Morgan fingerprint density at radius 1 is 0.967 bits per heavy atom. The Kier molecular flexibility index (Phi) is 9.39. The lowest BCUT2D eigenvalue weighted by atomic mass is 10.1. The Morgan fingerprint density at radius 2 is 1.63 bits per heavy atom. The molecule has 0 aliphatic rings. The standard InChI is InChI=1S/C25H34N2O3/c1-5-19(3)26-25(29)23(6-2)27(18-21-12-15-22(30-4)16-13-21)24(28)17-14-20-10-8-7-9-11-20/h7-13,15-16,19,23H,5-6,14,17-18H2,1-4H3,(H,26,29). The van der Waals surface area contributed by atoms with Crippen molar-refractivity contribution in [1.82, 2.24) is 10.2 Å². The summed E-state index contributed by atoms with van der Waals surface area (Å²) in [5, 5.41) is 3.04. The molecular formula is C25H34N2O3. The van der Waals surface area contributed by atoms with Crippen molar-refractivity contribution in [2.24, 2.45) is 0 Å². The summed E-state index contributed by atoms with van der Waals surface area (Å²) in [5.74, 6) is 0.663. The van der Waals surface area contributed by atoms with E-state index in [-0.39, 0.29) is 17.9 Å². The molecule has 162 valence electrons. The summed E-state index contributed by atoms with van der Waals surface area (Å²) in [5.41, 5.74) is 2.09. The first-order valence-corrected chi connectivity index (χ1v) is 10.7. The average Bonchev–Trinajstić information content (AvgIpc) is 2.78. The van der Waals surface area contributed by atoms with Gasteiger partial charge in [0.1, 0.15) is 11.8 Å². The van der Waals surface area contributed by atoms with Gasteiger partial charge < -0.3 is 15.0 Å². The minimum absolute atomic E-state index is 0.0131. The van der Waals surface area contributed by atoms with E-state index in [4.69, 9.17) is 4.74 Å². The molecule has 0 saturated heterocycles. The van der Waals surface area contributed by atoms with Crippen LogP contribution in [-0.4, -0.2) is 35.9 Å². The summed E-state index contributed by atoms with van der Waals surface area (Å²) in [6, 6.07) is 17.2. The van der Waals surface area contributed by atoms with Crippen LogP contribution in [0.4, 0.5) is 0 Å². The summed E-state index contributed by atoms with van der Waals surface area (Å²) in [4.78, 5) is 27.9. The average molecular weight is 411 g/mol. The van der Waals surface area contributed by atoms with E-state index in [1.54, 1.807) is 12.0 Å². The second-order valence-corrected chi connectivity index (χ2v) is 7.60. The van der Waals surface area contributed by atoms with Gasteiger partial charge in [0.2, 0.25) is 11.8 Å². The lowest BCUT2D eigenvalue weighted by molar-refractivity contribution is -0.141. The molecule has 5 nitrogen and oxygen atoms in total. The zero-order valence-corrected chi connectivity index (χ0v) is 18.6. The van der Waals surface area contributed by atoms with Crippen LogP contribution in [-0.2, 0) is 22.6 Å². The number of ether oxygens (including phenoxy) is 1. The number of methoxy groups -OCH3 is 1. The summed E-state index contributed by atoms with van der Waals surface area (Å²) < 4.78 is 5.23. The zero-order chi connectivity index (χ0) is 21.9. The predicted octanol–water partition coefficient (Wildman–Crippen LogP) is 4.35. The molecule has 2 rings (SSSR count). The van der Waals surface area contributed by atoms with Gasteiger partial charge in [0.05, 0.1) is 7.11 Å². The molecular weight excluding hydrogens is 376 g/mol. The van der Waals surface area contributed by atoms with Crippen LogP contribution in [0.3, 0.4) is 0 Å². The molecule has 2 unspecified atom stereocenters. The third kappa shape index (κ3) is 6.90. The van der Waals surface area contributed by atoms with Gasteiger partial charge in [-0.05, 0) is 49.4 Å². The van der Waals surface area contributed by atoms with Crippen LogP contribution in [0.2, 0.25) is 0 Å². The smallest absolute Gasteiger partial charge is 0.243 e. The van der Waals surface area contributed by atoms with Crippen molar-refractivity contribution in [3.05, 3.63) is 65.7 Å². The lowest BCUT2D eigenvalue weighted by Gasteiger charge is -2.31. The molecule has 0 aliphatic carbocycles. The van der Waals surface area contributed by atoms with Crippen molar-refractivity contribution < 1.29 is 14.3 Å². The molecule has 0 aliphatic heterocycles. The fourth-order valence-electron chi connectivity index (χ4n) is 3.33. The second kappa shape index (κ2) is 12.0. The van der Waals surface area contributed by atoms with E-state index < -0.39 is 6.04 Å². The van der Waals surface area contributed by atoms with Gasteiger partial charge in [-0.15, -0.1) is 0 Å². The highest BCUT2D eigenvalue weighted by molar-refractivity contribution is 5.87. The zero-order valence-electron chi connectivity index (χ0n) is 18.6. The molecule has 0 heterocycles. The van der Waals surface area contributed by atoms with Crippen LogP contribution in [0, 0.1) is 0 Å². The topological polar surface area (TPSA) is 58.6 Å². The summed E-state index contributed by atoms with van der Waals surface area (Å²) in [6.07, 6.45) is 2.44. The Bertz CT molecular complexity index is 790. The van der Waals surface area contributed by atoms with E-state index in [1.165, 1.54) is 0 Å². The van der Waals surface area contributed by atoms with Gasteiger partial charge in [0, 0.05) is 19.0 Å². The molecule has 2 aromatic rings. The SMILES string of the molecule is CCC(C)NC(=O)C(CC)N(Cc1ccc(OC)cc1)C(=O)CCc1ccccc1. The number of carbonyl (C=O) groups is 2. The van der Waals surface area contributed by atoms with Crippen molar-refractivity contribution in [3.8, 4) is 5.75 Å². The fraction of sp³-hybridized carbons (Fsp3) is 0.440. The van der Waals surface area contributed by atoms with Gasteiger partial charge in [-0.25, -0.2) is 0 Å². The van der Waals surface area contributed by atoms with E-state index in [0.717, 1.165) is 23.3 Å². The van der Waals surface area contributed by atoms with Crippen LogP contribution in [0.1, 0.15) is 51.2 Å². The molecule has 0 aromatic heterocycles. The number of hydrogen-bond donors (Lipinski definition) is 1.